The van der Waals surface area contributed by atoms with Crippen LogP contribution in [0.5, 0.6) is 0 Å². The van der Waals surface area contributed by atoms with Crippen LogP contribution in [0.4, 0.5) is 4.39 Å². The maximum atomic E-state index is 12.8. The van der Waals surface area contributed by atoms with Gasteiger partial charge >= 0.3 is 0 Å². The van der Waals surface area contributed by atoms with Gasteiger partial charge in [-0.2, -0.15) is 0 Å². The third-order valence-electron chi connectivity index (χ3n) is 3.34. The molecule has 1 aromatic carbocycles. The number of halogens is 1. The number of carbonyl (C=O) groups excluding carboxylic acids is 1. The van der Waals surface area contributed by atoms with Gasteiger partial charge in [0.2, 0.25) is 5.91 Å². The molecule has 0 spiro atoms. The maximum Gasteiger partial charge on any atom is 0.249 e. The van der Waals surface area contributed by atoms with Crippen molar-refractivity contribution in [1.82, 2.24) is 4.90 Å². The van der Waals surface area contributed by atoms with Crippen LogP contribution >= 0.6 is 0 Å². The summed E-state index contributed by atoms with van der Waals surface area (Å²) in [4.78, 5) is 13.9. The van der Waals surface area contributed by atoms with Crippen molar-refractivity contribution in [3.05, 3.63) is 41.2 Å². The van der Waals surface area contributed by atoms with E-state index in [0.29, 0.717) is 31.5 Å². The molecule has 2 rings (SSSR count). The fraction of sp³-hybridized carbons (Fsp3) is 0.400. The summed E-state index contributed by atoms with van der Waals surface area (Å²) in [5.41, 5.74) is 1.44. The Morgan fingerprint density at radius 3 is 2.47 bits per heavy atom. The first-order chi connectivity index (χ1) is 9.06. The third-order valence-corrected chi connectivity index (χ3v) is 3.34. The molecule has 1 amide bonds. The van der Waals surface area contributed by atoms with Crippen LogP contribution in [0.3, 0.4) is 0 Å². The van der Waals surface area contributed by atoms with E-state index in [2.05, 4.69) is 0 Å². The van der Waals surface area contributed by atoms with Gasteiger partial charge in [-0.25, -0.2) is 4.39 Å². The molecular weight excluding hydrogens is 245 g/mol. The average molecular weight is 263 g/mol. The molecule has 0 aliphatic carbocycles. The monoisotopic (exact) mass is 263 g/mol. The second-order valence-electron chi connectivity index (χ2n) is 4.90. The van der Waals surface area contributed by atoms with E-state index < -0.39 is 0 Å². The number of benzene rings is 1. The molecule has 4 heteroatoms. The minimum Gasteiger partial charge on any atom is -0.393 e. The molecule has 1 N–H and O–H groups in total. The van der Waals surface area contributed by atoms with Gasteiger partial charge in [-0.3, -0.25) is 4.79 Å². The van der Waals surface area contributed by atoms with Crippen molar-refractivity contribution < 1.29 is 14.3 Å². The molecule has 1 fully saturated rings. The van der Waals surface area contributed by atoms with Gasteiger partial charge in [-0.05, 0) is 43.5 Å². The second-order valence-corrected chi connectivity index (χ2v) is 4.90. The molecule has 0 bridgehead atoms. The number of hydrogen-bond acceptors (Lipinski definition) is 2. The van der Waals surface area contributed by atoms with Gasteiger partial charge in [0.25, 0.3) is 0 Å². The van der Waals surface area contributed by atoms with Crippen molar-refractivity contribution in [3.63, 3.8) is 0 Å². The quantitative estimate of drug-likeness (QED) is 0.831. The number of likely N-dealkylation sites (tertiary alicyclic amines) is 1. The van der Waals surface area contributed by atoms with E-state index in [-0.39, 0.29) is 17.8 Å². The SMILES string of the molecule is CC(=Cc1ccc(F)cc1)C(=O)N1CCC(O)CC1. The lowest BCUT2D eigenvalue weighted by molar-refractivity contribution is -0.128. The first-order valence-corrected chi connectivity index (χ1v) is 6.47. The summed E-state index contributed by atoms with van der Waals surface area (Å²) in [5.74, 6) is -0.303. The number of rotatable bonds is 2. The van der Waals surface area contributed by atoms with Gasteiger partial charge in [-0.1, -0.05) is 12.1 Å². The van der Waals surface area contributed by atoms with E-state index in [1.54, 1.807) is 30.0 Å². The van der Waals surface area contributed by atoms with Crippen LogP contribution in [-0.2, 0) is 4.79 Å². The van der Waals surface area contributed by atoms with Gasteiger partial charge in [-0.15, -0.1) is 0 Å². The molecule has 1 aromatic rings. The predicted octanol–water partition coefficient (Wildman–Crippen LogP) is 2.21. The van der Waals surface area contributed by atoms with E-state index in [1.165, 1.54) is 12.1 Å². The number of aliphatic hydroxyl groups is 1. The highest BCUT2D eigenvalue weighted by Gasteiger charge is 2.21. The van der Waals surface area contributed by atoms with Gasteiger partial charge in [0, 0.05) is 18.7 Å². The molecule has 1 saturated heterocycles. The van der Waals surface area contributed by atoms with Gasteiger partial charge < -0.3 is 10.0 Å². The Hall–Kier alpha value is -1.68. The molecule has 0 atom stereocenters. The zero-order chi connectivity index (χ0) is 13.8. The van der Waals surface area contributed by atoms with Crippen molar-refractivity contribution >= 4 is 12.0 Å². The molecule has 1 aliphatic heterocycles. The molecule has 3 nitrogen and oxygen atoms in total. The van der Waals surface area contributed by atoms with Crippen molar-refractivity contribution in [1.29, 1.82) is 0 Å². The van der Waals surface area contributed by atoms with Crippen LogP contribution in [0, 0.1) is 5.82 Å². The zero-order valence-corrected chi connectivity index (χ0v) is 11.0. The van der Waals surface area contributed by atoms with Gasteiger partial charge in [0.1, 0.15) is 5.82 Å². The lowest BCUT2D eigenvalue weighted by atomic mass is 10.1. The molecule has 0 aromatic heterocycles. The van der Waals surface area contributed by atoms with E-state index in [9.17, 15) is 14.3 Å². The third kappa shape index (κ3) is 3.64. The van der Waals surface area contributed by atoms with Crippen LogP contribution in [0.1, 0.15) is 25.3 Å². The van der Waals surface area contributed by atoms with Crippen LogP contribution in [0.15, 0.2) is 29.8 Å². The number of aliphatic hydroxyl groups excluding tert-OH is 1. The summed E-state index contributed by atoms with van der Waals surface area (Å²) < 4.78 is 12.8. The highest BCUT2D eigenvalue weighted by atomic mass is 19.1. The van der Waals surface area contributed by atoms with E-state index in [1.807, 2.05) is 0 Å². The van der Waals surface area contributed by atoms with Crippen LogP contribution in [0.2, 0.25) is 0 Å². The summed E-state index contributed by atoms with van der Waals surface area (Å²) >= 11 is 0. The molecule has 0 saturated carbocycles. The summed E-state index contributed by atoms with van der Waals surface area (Å²) in [6.07, 6.45) is 2.74. The molecular formula is C15H18FNO2. The number of carbonyl (C=O) groups is 1. The maximum absolute atomic E-state index is 12.8. The van der Waals surface area contributed by atoms with Crippen LogP contribution in [0.25, 0.3) is 6.08 Å². The lowest BCUT2D eigenvalue weighted by Crippen LogP contribution is -2.40. The van der Waals surface area contributed by atoms with E-state index in [4.69, 9.17) is 0 Å². The largest absolute Gasteiger partial charge is 0.393 e. The topological polar surface area (TPSA) is 40.5 Å². The molecule has 102 valence electrons. The highest BCUT2D eigenvalue weighted by molar-refractivity contribution is 5.97. The van der Waals surface area contributed by atoms with E-state index >= 15 is 0 Å². The fourth-order valence-electron chi connectivity index (χ4n) is 2.19. The molecule has 1 aliphatic rings. The minimum atomic E-state index is -0.287. The second kappa shape index (κ2) is 5.97. The van der Waals surface area contributed by atoms with E-state index in [0.717, 1.165) is 5.56 Å². The number of hydrogen-bond donors (Lipinski definition) is 1. The summed E-state index contributed by atoms with van der Waals surface area (Å²) in [5, 5.41) is 9.42. The van der Waals surface area contributed by atoms with Crippen molar-refractivity contribution in [2.75, 3.05) is 13.1 Å². The number of nitrogens with zero attached hydrogens (tertiary/aromatic N) is 1. The van der Waals surface area contributed by atoms with Crippen molar-refractivity contribution in [2.24, 2.45) is 0 Å². The molecule has 0 radical (unpaired) electrons. The van der Waals surface area contributed by atoms with Crippen LogP contribution in [-0.4, -0.2) is 35.1 Å². The average Bonchev–Trinajstić information content (AvgIpc) is 2.41. The minimum absolute atomic E-state index is 0.0174. The standard InChI is InChI=1S/C15H18FNO2/c1-11(10-12-2-4-13(16)5-3-12)15(19)17-8-6-14(18)7-9-17/h2-5,10,14,18H,6-9H2,1H3. The highest BCUT2D eigenvalue weighted by Crippen LogP contribution is 2.15. The van der Waals surface area contributed by atoms with Crippen molar-refractivity contribution in [2.45, 2.75) is 25.9 Å². The Balaban J connectivity index is 2.04. The summed E-state index contributed by atoms with van der Waals surface area (Å²) in [6, 6.07) is 6.04. The Morgan fingerprint density at radius 2 is 1.89 bits per heavy atom. The first kappa shape index (κ1) is 13.7. The lowest BCUT2D eigenvalue weighted by Gasteiger charge is -2.29. The zero-order valence-electron chi connectivity index (χ0n) is 11.0. The summed E-state index contributed by atoms with van der Waals surface area (Å²) in [7, 11) is 0. The molecule has 19 heavy (non-hydrogen) atoms. The van der Waals surface area contributed by atoms with Crippen molar-refractivity contribution in [3.8, 4) is 0 Å². The fourth-order valence-corrected chi connectivity index (χ4v) is 2.19. The molecule has 1 heterocycles. The Labute approximate surface area is 112 Å². The number of amides is 1. The Morgan fingerprint density at radius 1 is 1.32 bits per heavy atom. The normalized spacial score (nSPS) is 17.6. The first-order valence-electron chi connectivity index (χ1n) is 6.47. The van der Waals surface area contributed by atoms with Crippen LogP contribution < -0.4 is 0 Å². The summed E-state index contributed by atoms with van der Waals surface area (Å²) in [6.45, 7) is 2.94. The Kier molecular flexibility index (Phi) is 4.32. The predicted molar refractivity (Wildman–Crippen MR) is 71.9 cm³/mol. The molecule has 0 unspecified atom stereocenters. The smallest absolute Gasteiger partial charge is 0.249 e. The van der Waals surface area contributed by atoms with Gasteiger partial charge in [0.05, 0.1) is 6.10 Å². The Bertz CT molecular complexity index is 473. The van der Waals surface area contributed by atoms with Gasteiger partial charge in [0.15, 0.2) is 0 Å². The number of piperidine rings is 1.